The summed E-state index contributed by atoms with van der Waals surface area (Å²) in [6.07, 6.45) is 3.58. The van der Waals surface area contributed by atoms with Gasteiger partial charge in [-0.3, -0.25) is 0 Å². The van der Waals surface area contributed by atoms with Gasteiger partial charge in [-0.2, -0.15) is 0 Å². The zero-order chi connectivity index (χ0) is 9.68. The van der Waals surface area contributed by atoms with E-state index < -0.39 is 5.97 Å². The van der Waals surface area contributed by atoms with Gasteiger partial charge in [0, 0.05) is 6.20 Å². The summed E-state index contributed by atoms with van der Waals surface area (Å²) in [4.78, 5) is 18.8. The lowest BCUT2D eigenvalue weighted by atomic mass is 10.3. The summed E-state index contributed by atoms with van der Waals surface area (Å²) in [5, 5.41) is 0. The van der Waals surface area contributed by atoms with Crippen LogP contribution in [0.3, 0.4) is 0 Å². The van der Waals surface area contributed by atoms with Crippen molar-refractivity contribution in [1.29, 1.82) is 0 Å². The maximum atomic E-state index is 11.3. The fourth-order valence-electron chi connectivity index (χ4n) is 0.738. The summed E-state index contributed by atoms with van der Waals surface area (Å²) in [6, 6.07) is 1.53. The predicted octanol–water partition coefficient (Wildman–Crippen LogP) is 1.43. The van der Waals surface area contributed by atoms with Crippen LogP contribution in [0.5, 0.6) is 0 Å². The van der Waals surface area contributed by atoms with Gasteiger partial charge in [0.15, 0.2) is 5.69 Å². The fraction of sp³-hybridized carbons (Fsp3) is 0.444. The lowest BCUT2D eigenvalue weighted by molar-refractivity contribution is 0.0327. The number of ether oxygens (including phenoxy) is 1. The van der Waals surface area contributed by atoms with Gasteiger partial charge in [-0.1, -0.05) is 6.92 Å². The normalized spacial score (nSPS) is 12.2. The standard InChI is InChI=1S/C9H12N2O2/c1-3-7(2)13-9(12)8-4-5-10-6-11-8/h4-7H,3H2,1-2H3. The van der Waals surface area contributed by atoms with Crippen LogP contribution >= 0.6 is 0 Å². The van der Waals surface area contributed by atoms with Crippen molar-refractivity contribution < 1.29 is 9.53 Å². The smallest absolute Gasteiger partial charge is 0.357 e. The number of aromatic nitrogens is 2. The molecule has 1 aromatic heterocycles. The maximum absolute atomic E-state index is 11.3. The molecule has 0 saturated carbocycles. The van der Waals surface area contributed by atoms with Gasteiger partial charge in [0.05, 0.1) is 6.10 Å². The van der Waals surface area contributed by atoms with E-state index in [0.717, 1.165) is 6.42 Å². The minimum atomic E-state index is -0.392. The molecule has 0 aliphatic rings. The second-order valence-corrected chi connectivity index (χ2v) is 2.72. The molecule has 0 bridgehead atoms. The van der Waals surface area contributed by atoms with Crippen molar-refractivity contribution in [2.24, 2.45) is 0 Å². The highest BCUT2D eigenvalue weighted by molar-refractivity contribution is 5.87. The van der Waals surface area contributed by atoms with Crippen LogP contribution in [0.25, 0.3) is 0 Å². The summed E-state index contributed by atoms with van der Waals surface area (Å²) in [5.41, 5.74) is 0.301. The van der Waals surface area contributed by atoms with Gasteiger partial charge in [-0.05, 0) is 19.4 Å². The van der Waals surface area contributed by atoms with Gasteiger partial charge in [0.2, 0.25) is 0 Å². The summed E-state index contributed by atoms with van der Waals surface area (Å²) in [7, 11) is 0. The van der Waals surface area contributed by atoms with Crippen LogP contribution in [0.4, 0.5) is 0 Å². The van der Waals surface area contributed by atoms with E-state index in [0.29, 0.717) is 5.69 Å². The highest BCUT2D eigenvalue weighted by Crippen LogP contribution is 2.01. The van der Waals surface area contributed by atoms with Crippen molar-refractivity contribution in [1.82, 2.24) is 9.97 Å². The van der Waals surface area contributed by atoms with Crippen LogP contribution in [0.1, 0.15) is 30.8 Å². The number of hydrogen-bond acceptors (Lipinski definition) is 4. The van der Waals surface area contributed by atoms with Gasteiger partial charge < -0.3 is 4.74 Å². The molecule has 0 aliphatic heterocycles. The zero-order valence-corrected chi connectivity index (χ0v) is 7.73. The number of carbonyl (C=O) groups excluding carboxylic acids is 1. The average Bonchev–Trinajstić information content (AvgIpc) is 2.19. The van der Waals surface area contributed by atoms with E-state index in [1.165, 1.54) is 18.6 Å². The summed E-state index contributed by atoms with van der Waals surface area (Å²) >= 11 is 0. The first-order valence-electron chi connectivity index (χ1n) is 4.21. The largest absolute Gasteiger partial charge is 0.458 e. The molecular weight excluding hydrogens is 168 g/mol. The molecule has 1 unspecified atom stereocenters. The molecular formula is C9H12N2O2. The molecule has 1 heterocycles. The van der Waals surface area contributed by atoms with E-state index in [1.807, 2.05) is 13.8 Å². The first-order chi connectivity index (χ1) is 6.24. The highest BCUT2D eigenvalue weighted by Gasteiger charge is 2.10. The van der Waals surface area contributed by atoms with Gasteiger partial charge in [-0.15, -0.1) is 0 Å². The molecule has 0 saturated heterocycles. The third kappa shape index (κ3) is 2.82. The van der Waals surface area contributed by atoms with Crippen molar-refractivity contribution >= 4 is 5.97 Å². The summed E-state index contributed by atoms with van der Waals surface area (Å²) in [6.45, 7) is 3.80. The minimum Gasteiger partial charge on any atom is -0.458 e. The average molecular weight is 180 g/mol. The molecule has 1 atom stereocenters. The lowest BCUT2D eigenvalue weighted by Crippen LogP contribution is -2.15. The van der Waals surface area contributed by atoms with Gasteiger partial charge in [-0.25, -0.2) is 14.8 Å². The van der Waals surface area contributed by atoms with Crippen LogP contribution in [0, 0.1) is 0 Å². The van der Waals surface area contributed by atoms with E-state index in [2.05, 4.69) is 9.97 Å². The molecule has 0 N–H and O–H groups in total. The molecule has 4 heteroatoms. The van der Waals surface area contributed by atoms with Crippen LogP contribution in [-0.4, -0.2) is 22.0 Å². The number of nitrogens with zero attached hydrogens (tertiary/aromatic N) is 2. The Morgan fingerprint density at radius 2 is 2.46 bits per heavy atom. The number of hydrogen-bond donors (Lipinski definition) is 0. The number of carbonyl (C=O) groups is 1. The second kappa shape index (κ2) is 4.54. The van der Waals surface area contributed by atoms with Crippen molar-refractivity contribution in [2.75, 3.05) is 0 Å². The molecule has 1 rings (SSSR count). The molecule has 0 amide bonds. The SMILES string of the molecule is CCC(C)OC(=O)c1ccncn1. The van der Waals surface area contributed by atoms with Crippen molar-refractivity contribution in [3.8, 4) is 0 Å². The zero-order valence-electron chi connectivity index (χ0n) is 7.73. The van der Waals surface area contributed by atoms with E-state index in [4.69, 9.17) is 4.74 Å². The Kier molecular flexibility index (Phi) is 3.37. The number of esters is 1. The molecule has 70 valence electrons. The van der Waals surface area contributed by atoms with Gasteiger partial charge in [0.1, 0.15) is 6.33 Å². The van der Waals surface area contributed by atoms with Gasteiger partial charge in [0.25, 0.3) is 0 Å². The van der Waals surface area contributed by atoms with Crippen LogP contribution in [0.2, 0.25) is 0 Å². The molecule has 4 nitrogen and oxygen atoms in total. The van der Waals surface area contributed by atoms with E-state index >= 15 is 0 Å². The molecule has 0 aromatic carbocycles. The Morgan fingerprint density at radius 3 is 3.00 bits per heavy atom. The molecule has 1 aromatic rings. The van der Waals surface area contributed by atoms with Gasteiger partial charge >= 0.3 is 5.97 Å². The molecule has 0 aliphatic carbocycles. The monoisotopic (exact) mass is 180 g/mol. The topological polar surface area (TPSA) is 52.1 Å². The van der Waals surface area contributed by atoms with Crippen LogP contribution < -0.4 is 0 Å². The Labute approximate surface area is 77.0 Å². The predicted molar refractivity (Wildman–Crippen MR) is 47.2 cm³/mol. The minimum absolute atomic E-state index is 0.0672. The van der Waals surface area contributed by atoms with Crippen LogP contribution in [0.15, 0.2) is 18.6 Å². The second-order valence-electron chi connectivity index (χ2n) is 2.72. The summed E-state index contributed by atoms with van der Waals surface area (Å²) in [5.74, 6) is -0.392. The lowest BCUT2D eigenvalue weighted by Gasteiger charge is -2.09. The highest BCUT2D eigenvalue weighted by atomic mass is 16.5. The third-order valence-corrected chi connectivity index (χ3v) is 1.67. The Bertz CT molecular complexity index is 274. The van der Waals surface area contributed by atoms with Crippen molar-refractivity contribution in [3.05, 3.63) is 24.3 Å². The molecule has 13 heavy (non-hydrogen) atoms. The quantitative estimate of drug-likeness (QED) is 0.660. The first-order valence-corrected chi connectivity index (χ1v) is 4.21. The molecule has 0 spiro atoms. The van der Waals surface area contributed by atoms with E-state index in [1.54, 1.807) is 0 Å². The van der Waals surface area contributed by atoms with E-state index in [-0.39, 0.29) is 6.10 Å². The Hall–Kier alpha value is -1.45. The summed E-state index contributed by atoms with van der Waals surface area (Å²) < 4.78 is 5.06. The molecule has 0 fully saturated rings. The Morgan fingerprint density at radius 1 is 1.69 bits per heavy atom. The Balaban J connectivity index is 2.59. The first kappa shape index (κ1) is 9.64. The van der Waals surface area contributed by atoms with Crippen molar-refractivity contribution in [2.45, 2.75) is 26.4 Å². The van der Waals surface area contributed by atoms with Crippen LogP contribution in [-0.2, 0) is 4.74 Å². The number of rotatable bonds is 3. The molecule has 0 radical (unpaired) electrons. The third-order valence-electron chi connectivity index (χ3n) is 1.67. The van der Waals surface area contributed by atoms with Crippen molar-refractivity contribution in [3.63, 3.8) is 0 Å². The van der Waals surface area contributed by atoms with E-state index in [9.17, 15) is 4.79 Å². The fourth-order valence-corrected chi connectivity index (χ4v) is 0.738. The maximum Gasteiger partial charge on any atom is 0.357 e.